The molecule has 1 aliphatic rings. The van der Waals surface area contributed by atoms with Gasteiger partial charge >= 0.3 is 5.97 Å². The second-order valence-electron chi connectivity index (χ2n) is 5.98. The first-order valence-electron chi connectivity index (χ1n) is 8.53. The van der Waals surface area contributed by atoms with E-state index >= 15 is 0 Å². The van der Waals surface area contributed by atoms with Crippen LogP contribution in [-0.4, -0.2) is 50.6 Å². The molecule has 1 aromatic rings. The Kier molecular flexibility index (Phi) is 10.5. The average molecular weight is 460 g/mol. The highest BCUT2D eigenvalue weighted by molar-refractivity contribution is 14.0. The number of hydrogen-bond acceptors (Lipinski definition) is 4. The van der Waals surface area contributed by atoms with Crippen LogP contribution in [0.25, 0.3) is 0 Å². The van der Waals surface area contributed by atoms with E-state index in [0.29, 0.717) is 25.5 Å². The zero-order valence-corrected chi connectivity index (χ0v) is 17.4. The van der Waals surface area contributed by atoms with Crippen molar-refractivity contribution < 1.29 is 9.53 Å². The highest BCUT2D eigenvalue weighted by Crippen LogP contribution is 2.13. The summed E-state index contributed by atoms with van der Waals surface area (Å²) < 4.78 is 4.61. The molecule has 0 amide bonds. The Hall–Kier alpha value is -1.35. The molecule has 0 aliphatic carbocycles. The number of halogens is 1. The number of nitrogens with zero attached hydrogens (tertiary/aromatic N) is 2. The fraction of sp³-hybridized carbons (Fsp3) is 0.556. The molecule has 2 rings (SSSR count). The lowest BCUT2D eigenvalue weighted by Crippen LogP contribution is -2.37. The summed E-state index contributed by atoms with van der Waals surface area (Å²) in [6.45, 7) is 4.68. The smallest absolute Gasteiger partial charge is 0.307 e. The van der Waals surface area contributed by atoms with Crippen molar-refractivity contribution in [1.29, 1.82) is 0 Å². The summed E-state index contributed by atoms with van der Waals surface area (Å²) in [6, 6.07) is 8.70. The van der Waals surface area contributed by atoms with Crippen LogP contribution in [0.3, 0.4) is 0 Å². The van der Waals surface area contributed by atoms with Gasteiger partial charge in [0, 0.05) is 26.7 Å². The van der Waals surface area contributed by atoms with Gasteiger partial charge in [0.25, 0.3) is 0 Å². The molecule has 1 saturated heterocycles. The zero-order chi connectivity index (χ0) is 17.2. The van der Waals surface area contributed by atoms with Crippen molar-refractivity contribution in [3.8, 4) is 0 Å². The fourth-order valence-corrected chi connectivity index (χ4v) is 2.75. The molecule has 140 valence electrons. The summed E-state index contributed by atoms with van der Waals surface area (Å²) in [5.74, 6) is 0.451. The van der Waals surface area contributed by atoms with E-state index < -0.39 is 0 Å². The summed E-state index contributed by atoms with van der Waals surface area (Å²) in [6.07, 6.45) is 2.97. The van der Waals surface area contributed by atoms with Gasteiger partial charge in [0.15, 0.2) is 5.96 Å². The molecule has 7 heteroatoms. The molecule has 0 unspecified atom stereocenters. The molecule has 0 saturated carbocycles. The van der Waals surface area contributed by atoms with Crippen LogP contribution >= 0.6 is 24.0 Å². The molecule has 0 bridgehead atoms. The maximum Gasteiger partial charge on any atom is 0.307 e. The molecule has 1 aliphatic heterocycles. The number of ether oxygens (including phenoxy) is 1. The van der Waals surface area contributed by atoms with Crippen molar-refractivity contribution in [3.63, 3.8) is 0 Å². The van der Waals surface area contributed by atoms with Gasteiger partial charge in [-0.25, -0.2) is 0 Å². The standard InChI is InChI=1S/C18H28N4O2.HI/c1-19-18(20-10-9-17(23)24-2)21-13-15-5-7-16(8-6-15)14-22-11-3-4-12-22;/h5-8H,3-4,9-14H2,1-2H3,(H2,19,20,21);1H. The molecule has 0 radical (unpaired) electrons. The average Bonchev–Trinajstić information content (AvgIpc) is 3.12. The number of esters is 1. The van der Waals surface area contributed by atoms with Crippen LogP contribution in [0.15, 0.2) is 29.3 Å². The van der Waals surface area contributed by atoms with E-state index in [1.165, 1.54) is 44.2 Å². The number of rotatable bonds is 7. The molecule has 25 heavy (non-hydrogen) atoms. The Morgan fingerprint density at radius 3 is 2.40 bits per heavy atom. The molecule has 6 nitrogen and oxygen atoms in total. The van der Waals surface area contributed by atoms with Gasteiger partial charge in [0.1, 0.15) is 0 Å². The van der Waals surface area contributed by atoms with Gasteiger partial charge in [-0.2, -0.15) is 0 Å². The maximum atomic E-state index is 11.1. The van der Waals surface area contributed by atoms with Crippen molar-refractivity contribution in [2.24, 2.45) is 4.99 Å². The Morgan fingerprint density at radius 2 is 1.80 bits per heavy atom. The summed E-state index contributed by atoms with van der Waals surface area (Å²) >= 11 is 0. The quantitative estimate of drug-likeness (QED) is 0.283. The van der Waals surface area contributed by atoms with Crippen LogP contribution in [0.5, 0.6) is 0 Å². The number of benzene rings is 1. The molecule has 1 fully saturated rings. The topological polar surface area (TPSA) is 66.0 Å². The zero-order valence-electron chi connectivity index (χ0n) is 15.1. The normalized spacial score (nSPS) is 14.7. The molecule has 0 spiro atoms. The number of methoxy groups -OCH3 is 1. The van der Waals surface area contributed by atoms with Crippen molar-refractivity contribution in [2.45, 2.75) is 32.4 Å². The third-order valence-electron chi connectivity index (χ3n) is 4.16. The van der Waals surface area contributed by atoms with Gasteiger partial charge in [-0.3, -0.25) is 14.7 Å². The first kappa shape index (κ1) is 21.7. The summed E-state index contributed by atoms with van der Waals surface area (Å²) in [5.41, 5.74) is 2.57. The fourth-order valence-electron chi connectivity index (χ4n) is 2.75. The predicted molar refractivity (Wildman–Crippen MR) is 111 cm³/mol. The number of carbonyl (C=O) groups excluding carboxylic acids is 1. The number of likely N-dealkylation sites (tertiary alicyclic amines) is 1. The van der Waals surface area contributed by atoms with Crippen LogP contribution in [0.4, 0.5) is 0 Å². The third kappa shape index (κ3) is 8.04. The van der Waals surface area contributed by atoms with Gasteiger partial charge in [-0.05, 0) is 37.1 Å². The first-order valence-corrected chi connectivity index (χ1v) is 8.53. The van der Waals surface area contributed by atoms with Crippen LogP contribution in [0, 0.1) is 0 Å². The highest BCUT2D eigenvalue weighted by Gasteiger charge is 2.11. The van der Waals surface area contributed by atoms with Gasteiger partial charge in [0.2, 0.25) is 0 Å². The Morgan fingerprint density at radius 1 is 1.16 bits per heavy atom. The molecular weight excluding hydrogens is 431 g/mol. The van der Waals surface area contributed by atoms with Gasteiger partial charge in [0.05, 0.1) is 13.5 Å². The number of hydrogen-bond donors (Lipinski definition) is 2. The second kappa shape index (κ2) is 12.1. The lowest BCUT2D eigenvalue weighted by molar-refractivity contribution is -0.140. The maximum absolute atomic E-state index is 11.1. The minimum absolute atomic E-state index is 0. The van der Waals surface area contributed by atoms with Crippen molar-refractivity contribution in [3.05, 3.63) is 35.4 Å². The SMILES string of the molecule is CN=C(NCCC(=O)OC)NCc1ccc(CN2CCCC2)cc1.I. The number of carbonyl (C=O) groups is 1. The van der Waals surface area contributed by atoms with Crippen LogP contribution in [0.1, 0.15) is 30.4 Å². The van der Waals surface area contributed by atoms with Crippen LogP contribution < -0.4 is 10.6 Å². The van der Waals surface area contributed by atoms with Crippen molar-refractivity contribution in [1.82, 2.24) is 15.5 Å². The van der Waals surface area contributed by atoms with E-state index in [1.54, 1.807) is 7.05 Å². The lowest BCUT2D eigenvalue weighted by atomic mass is 10.1. The van der Waals surface area contributed by atoms with E-state index in [0.717, 1.165) is 6.54 Å². The first-order chi connectivity index (χ1) is 11.7. The van der Waals surface area contributed by atoms with E-state index in [9.17, 15) is 4.79 Å². The van der Waals surface area contributed by atoms with E-state index in [2.05, 4.69) is 49.5 Å². The van der Waals surface area contributed by atoms with E-state index in [4.69, 9.17) is 0 Å². The molecule has 1 heterocycles. The number of nitrogens with one attached hydrogen (secondary N) is 2. The third-order valence-corrected chi connectivity index (χ3v) is 4.16. The Bertz CT molecular complexity index is 543. The minimum Gasteiger partial charge on any atom is -0.469 e. The van der Waals surface area contributed by atoms with E-state index in [-0.39, 0.29) is 29.9 Å². The summed E-state index contributed by atoms with van der Waals surface area (Å²) in [5, 5.41) is 6.34. The van der Waals surface area contributed by atoms with Crippen molar-refractivity contribution in [2.75, 3.05) is 33.8 Å². The number of aliphatic imine (C=N–C) groups is 1. The predicted octanol–water partition coefficient (Wildman–Crippen LogP) is 2.13. The Balaban J connectivity index is 0.00000312. The minimum atomic E-state index is -0.230. The van der Waals surface area contributed by atoms with Gasteiger partial charge in [-0.15, -0.1) is 24.0 Å². The molecule has 0 aromatic heterocycles. The van der Waals surface area contributed by atoms with Crippen LogP contribution in [-0.2, 0) is 22.6 Å². The van der Waals surface area contributed by atoms with Crippen LogP contribution in [0.2, 0.25) is 0 Å². The lowest BCUT2D eigenvalue weighted by Gasteiger charge is -2.15. The number of guanidine groups is 1. The van der Waals surface area contributed by atoms with Gasteiger partial charge < -0.3 is 15.4 Å². The second-order valence-corrected chi connectivity index (χ2v) is 5.98. The molecule has 2 N–H and O–H groups in total. The largest absolute Gasteiger partial charge is 0.469 e. The van der Waals surface area contributed by atoms with Crippen molar-refractivity contribution >= 4 is 35.9 Å². The van der Waals surface area contributed by atoms with Gasteiger partial charge in [-0.1, -0.05) is 24.3 Å². The highest BCUT2D eigenvalue weighted by atomic mass is 127. The molecule has 0 atom stereocenters. The molecule has 1 aromatic carbocycles. The summed E-state index contributed by atoms with van der Waals surface area (Å²) in [7, 11) is 3.11. The Labute approximate surface area is 167 Å². The van der Waals surface area contributed by atoms with E-state index in [1.807, 2.05) is 0 Å². The monoisotopic (exact) mass is 460 g/mol. The molecular formula is C18H29IN4O2. The summed E-state index contributed by atoms with van der Waals surface area (Å²) in [4.78, 5) is 17.7.